The highest BCUT2D eigenvalue weighted by Gasteiger charge is 2.05. The van der Waals surface area contributed by atoms with Gasteiger partial charge >= 0.3 is 0 Å². The van der Waals surface area contributed by atoms with Gasteiger partial charge in [0.05, 0.1) is 6.54 Å². The number of hydrogen-bond acceptors (Lipinski definition) is 2. The van der Waals surface area contributed by atoms with Crippen molar-refractivity contribution in [3.05, 3.63) is 35.4 Å². The maximum absolute atomic E-state index is 4.63. The van der Waals surface area contributed by atoms with Crippen LogP contribution in [0, 0.1) is 6.92 Å². The Morgan fingerprint density at radius 1 is 1.32 bits per heavy atom. The van der Waals surface area contributed by atoms with E-state index < -0.39 is 0 Å². The van der Waals surface area contributed by atoms with Crippen molar-refractivity contribution in [1.82, 2.24) is 10.2 Å². The van der Waals surface area contributed by atoms with Gasteiger partial charge in [-0.1, -0.05) is 29.8 Å². The van der Waals surface area contributed by atoms with Crippen LogP contribution in [0.2, 0.25) is 0 Å². The quantitative estimate of drug-likeness (QED) is 0.493. The van der Waals surface area contributed by atoms with Crippen LogP contribution in [0.5, 0.6) is 0 Å². The van der Waals surface area contributed by atoms with Crippen LogP contribution in [0.15, 0.2) is 29.3 Å². The highest BCUT2D eigenvalue weighted by molar-refractivity contribution is 7.98. The zero-order valence-corrected chi connectivity index (χ0v) is 13.3. The number of rotatable bonds is 6. The molecule has 0 aromatic heterocycles. The van der Waals surface area contributed by atoms with Crippen molar-refractivity contribution in [2.75, 3.05) is 32.1 Å². The van der Waals surface area contributed by atoms with Crippen molar-refractivity contribution < 1.29 is 0 Å². The molecule has 0 spiro atoms. The van der Waals surface area contributed by atoms with Crippen molar-refractivity contribution in [2.24, 2.45) is 4.99 Å². The molecule has 3 nitrogen and oxygen atoms in total. The first kappa shape index (κ1) is 15.9. The van der Waals surface area contributed by atoms with Gasteiger partial charge in [0.1, 0.15) is 0 Å². The van der Waals surface area contributed by atoms with E-state index in [4.69, 9.17) is 0 Å². The fourth-order valence-corrected chi connectivity index (χ4v) is 2.03. The van der Waals surface area contributed by atoms with Gasteiger partial charge in [-0.15, -0.1) is 0 Å². The largest absolute Gasteiger partial charge is 0.357 e. The summed E-state index contributed by atoms with van der Waals surface area (Å²) in [6.07, 6.45) is 2.11. The summed E-state index contributed by atoms with van der Waals surface area (Å²) in [6.45, 7) is 6.86. The molecule has 106 valence electrons. The van der Waals surface area contributed by atoms with E-state index in [-0.39, 0.29) is 0 Å². The van der Waals surface area contributed by atoms with Crippen LogP contribution < -0.4 is 5.32 Å². The highest BCUT2D eigenvalue weighted by Crippen LogP contribution is 2.06. The summed E-state index contributed by atoms with van der Waals surface area (Å²) in [5, 5.41) is 3.34. The zero-order chi connectivity index (χ0) is 14.1. The van der Waals surface area contributed by atoms with E-state index in [1.807, 2.05) is 11.8 Å². The lowest BCUT2D eigenvalue weighted by atomic mass is 10.1. The van der Waals surface area contributed by atoms with E-state index in [0.717, 1.165) is 31.3 Å². The molecular formula is C15H25N3S. The van der Waals surface area contributed by atoms with Crippen molar-refractivity contribution >= 4 is 17.7 Å². The number of nitrogens with one attached hydrogen (secondary N) is 1. The maximum Gasteiger partial charge on any atom is 0.193 e. The van der Waals surface area contributed by atoms with Crippen LogP contribution in [0.1, 0.15) is 18.1 Å². The summed E-state index contributed by atoms with van der Waals surface area (Å²) in [6, 6.07) is 8.66. The normalized spacial score (nSPS) is 11.5. The third kappa shape index (κ3) is 6.01. The third-order valence-corrected chi connectivity index (χ3v) is 3.38. The number of aliphatic imine (C=N–C) groups is 1. The Balaban J connectivity index is 2.62. The molecule has 1 aromatic carbocycles. The smallest absolute Gasteiger partial charge is 0.193 e. The van der Waals surface area contributed by atoms with Gasteiger partial charge in [0.15, 0.2) is 5.96 Å². The third-order valence-electron chi connectivity index (χ3n) is 2.79. The highest BCUT2D eigenvalue weighted by atomic mass is 32.2. The number of guanidine groups is 1. The van der Waals surface area contributed by atoms with Gasteiger partial charge in [-0.05, 0) is 25.7 Å². The molecule has 0 aliphatic heterocycles. The van der Waals surface area contributed by atoms with Crippen LogP contribution in [0.25, 0.3) is 0 Å². The average molecular weight is 279 g/mol. The molecule has 1 N–H and O–H groups in total. The van der Waals surface area contributed by atoms with Crippen LogP contribution in [0.4, 0.5) is 0 Å². The van der Waals surface area contributed by atoms with Crippen molar-refractivity contribution in [3.63, 3.8) is 0 Å². The second kappa shape index (κ2) is 8.86. The van der Waals surface area contributed by atoms with Crippen molar-refractivity contribution in [2.45, 2.75) is 20.4 Å². The molecule has 0 amide bonds. The molecule has 0 fully saturated rings. The van der Waals surface area contributed by atoms with E-state index >= 15 is 0 Å². The van der Waals surface area contributed by atoms with E-state index in [9.17, 15) is 0 Å². The molecule has 0 saturated heterocycles. The van der Waals surface area contributed by atoms with E-state index in [2.05, 4.69) is 66.6 Å². The van der Waals surface area contributed by atoms with Gasteiger partial charge in [0.25, 0.3) is 0 Å². The predicted molar refractivity (Wildman–Crippen MR) is 87.0 cm³/mol. The second-order valence-corrected chi connectivity index (χ2v) is 5.56. The number of hydrogen-bond donors (Lipinski definition) is 1. The van der Waals surface area contributed by atoms with Gasteiger partial charge in [-0.2, -0.15) is 11.8 Å². The summed E-state index contributed by atoms with van der Waals surface area (Å²) in [4.78, 5) is 6.80. The monoisotopic (exact) mass is 279 g/mol. The first-order valence-corrected chi connectivity index (χ1v) is 8.10. The number of benzene rings is 1. The zero-order valence-electron chi connectivity index (χ0n) is 12.4. The Morgan fingerprint density at radius 2 is 2.00 bits per heavy atom. The van der Waals surface area contributed by atoms with E-state index in [1.54, 1.807) is 0 Å². The van der Waals surface area contributed by atoms with E-state index in [1.165, 1.54) is 11.1 Å². The van der Waals surface area contributed by atoms with Crippen molar-refractivity contribution in [3.8, 4) is 0 Å². The number of nitrogens with zero attached hydrogens (tertiary/aromatic N) is 2. The summed E-state index contributed by atoms with van der Waals surface area (Å²) in [7, 11) is 2.08. The SMILES string of the molecule is CCNC(=NCCSC)N(C)Cc1ccc(C)cc1. The summed E-state index contributed by atoms with van der Waals surface area (Å²) >= 11 is 1.83. The topological polar surface area (TPSA) is 27.6 Å². The molecule has 0 unspecified atom stereocenters. The Morgan fingerprint density at radius 3 is 2.58 bits per heavy atom. The predicted octanol–water partition coefficient (Wildman–Crippen LogP) is 2.76. The van der Waals surface area contributed by atoms with Gasteiger partial charge in [0.2, 0.25) is 0 Å². The fourth-order valence-electron chi connectivity index (χ4n) is 1.75. The molecule has 0 saturated carbocycles. The first-order chi connectivity index (χ1) is 9.17. The average Bonchev–Trinajstić information content (AvgIpc) is 2.40. The van der Waals surface area contributed by atoms with Gasteiger partial charge in [-0.3, -0.25) is 4.99 Å². The number of thioether (sulfide) groups is 1. The van der Waals surface area contributed by atoms with Crippen LogP contribution in [0.3, 0.4) is 0 Å². The van der Waals surface area contributed by atoms with Crippen LogP contribution >= 0.6 is 11.8 Å². The van der Waals surface area contributed by atoms with E-state index in [0.29, 0.717) is 0 Å². The molecular weight excluding hydrogens is 254 g/mol. The molecule has 1 rings (SSSR count). The summed E-state index contributed by atoms with van der Waals surface area (Å²) in [5.41, 5.74) is 2.61. The lowest BCUT2D eigenvalue weighted by Gasteiger charge is -2.22. The molecule has 4 heteroatoms. The van der Waals surface area contributed by atoms with Crippen LogP contribution in [-0.4, -0.2) is 43.0 Å². The summed E-state index contributed by atoms with van der Waals surface area (Å²) in [5.74, 6) is 2.05. The van der Waals surface area contributed by atoms with Gasteiger partial charge in [-0.25, -0.2) is 0 Å². The molecule has 1 aromatic rings. The molecule has 0 aliphatic rings. The number of aryl methyl sites for hydroxylation is 1. The Labute approximate surface area is 121 Å². The lowest BCUT2D eigenvalue weighted by molar-refractivity contribution is 0.477. The second-order valence-electron chi connectivity index (χ2n) is 4.57. The minimum absolute atomic E-state index is 0.863. The Hall–Kier alpha value is -1.16. The van der Waals surface area contributed by atoms with Gasteiger partial charge in [0, 0.05) is 25.9 Å². The molecule has 19 heavy (non-hydrogen) atoms. The van der Waals surface area contributed by atoms with Crippen LogP contribution in [-0.2, 0) is 6.54 Å². The Bertz CT molecular complexity index is 387. The lowest BCUT2D eigenvalue weighted by Crippen LogP contribution is -2.38. The standard InChI is InChI=1S/C15H25N3S/c1-5-16-15(17-10-11-19-4)18(3)12-14-8-6-13(2)7-9-14/h6-9H,5,10-12H2,1-4H3,(H,16,17). The minimum atomic E-state index is 0.863. The minimum Gasteiger partial charge on any atom is -0.357 e. The molecule has 0 bridgehead atoms. The summed E-state index contributed by atoms with van der Waals surface area (Å²) < 4.78 is 0. The Kier molecular flexibility index (Phi) is 7.41. The fraction of sp³-hybridized carbons (Fsp3) is 0.533. The molecule has 0 heterocycles. The van der Waals surface area contributed by atoms with Gasteiger partial charge < -0.3 is 10.2 Å². The molecule has 0 radical (unpaired) electrons. The molecule has 0 atom stereocenters. The molecule has 0 aliphatic carbocycles. The maximum atomic E-state index is 4.63. The van der Waals surface area contributed by atoms with Crippen molar-refractivity contribution in [1.29, 1.82) is 0 Å². The first-order valence-electron chi connectivity index (χ1n) is 6.71.